The molecule has 5 heteroatoms. The van der Waals surface area contributed by atoms with Crippen LogP contribution in [0.3, 0.4) is 0 Å². The Labute approximate surface area is 217 Å². The van der Waals surface area contributed by atoms with Crippen LogP contribution in [0.25, 0.3) is 16.7 Å². The minimum Gasteiger partial charge on any atom is -0.497 e. The summed E-state index contributed by atoms with van der Waals surface area (Å²) in [5.74, 6) is 0.342. The molecule has 0 saturated carbocycles. The predicted octanol–water partition coefficient (Wildman–Crippen LogP) is 7.79. The van der Waals surface area contributed by atoms with Gasteiger partial charge in [0.25, 0.3) is 0 Å². The molecular weight excluding hydrogens is 467 g/mol. The molecule has 0 heterocycles. The highest BCUT2D eigenvalue weighted by Crippen LogP contribution is 2.47. The van der Waals surface area contributed by atoms with Crippen molar-refractivity contribution < 1.29 is 23.8 Å². The summed E-state index contributed by atoms with van der Waals surface area (Å²) in [5, 5.41) is 9.26. The fourth-order valence-electron chi connectivity index (χ4n) is 5.78. The van der Waals surface area contributed by atoms with Gasteiger partial charge in [-0.05, 0) is 107 Å². The van der Waals surface area contributed by atoms with E-state index in [4.69, 9.17) is 9.47 Å². The zero-order valence-corrected chi connectivity index (χ0v) is 21.6. The normalized spacial score (nSPS) is 17.8. The van der Waals surface area contributed by atoms with Crippen molar-refractivity contribution in [1.29, 1.82) is 0 Å². The average Bonchev–Trinajstić information content (AvgIpc) is 3.44. The summed E-state index contributed by atoms with van der Waals surface area (Å²) >= 11 is 0. The Morgan fingerprint density at radius 1 is 1.03 bits per heavy atom. The summed E-state index contributed by atoms with van der Waals surface area (Å²) in [6.07, 6.45) is 6.23. The van der Waals surface area contributed by atoms with E-state index in [1.807, 2.05) is 24.3 Å². The predicted molar refractivity (Wildman–Crippen MR) is 143 cm³/mol. The molecule has 3 aromatic carbocycles. The topological polar surface area (TPSA) is 55.8 Å². The van der Waals surface area contributed by atoms with Gasteiger partial charge in [0, 0.05) is 5.56 Å². The molecule has 2 aliphatic rings. The van der Waals surface area contributed by atoms with E-state index in [1.165, 1.54) is 17.2 Å². The average molecular weight is 501 g/mol. The molecule has 1 atom stereocenters. The van der Waals surface area contributed by atoms with Crippen LogP contribution >= 0.6 is 0 Å². The van der Waals surface area contributed by atoms with E-state index in [9.17, 15) is 9.90 Å². The van der Waals surface area contributed by atoms with Crippen molar-refractivity contribution in [2.24, 2.45) is 5.41 Å². The van der Waals surface area contributed by atoms with Gasteiger partial charge in [-0.3, -0.25) is 4.79 Å². The van der Waals surface area contributed by atoms with E-state index in [1.54, 1.807) is 19.2 Å². The Kier molecular flexibility index (Phi) is 6.80. The molecular formula is C32H33FO4. The molecule has 0 unspecified atom stereocenters. The largest absolute Gasteiger partial charge is 0.497 e. The van der Waals surface area contributed by atoms with Crippen LogP contribution in [-0.2, 0) is 17.8 Å². The molecule has 0 aliphatic heterocycles. The van der Waals surface area contributed by atoms with Crippen molar-refractivity contribution in [3.63, 3.8) is 0 Å². The maximum atomic E-state index is 15.0. The lowest BCUT2D eigenvalue weighted by atomic mass is 9.79. The summed E-state index contributed by atoms with van der Waals surface area (Å²) < 4.78 is 26.6. The fourth-order valence-corrected chi connectivity index (χ4v) is 5.78. The Hall–Kier alpha value is -3.60. The van der Waals surface area contributed by atoms with Crippen molar-refractivity contribution in [2.45, 2.75) is 58.5 Å². The first kappa shape index (κ1) is 25.1. The Balaban J connectivity index is 1.46. The van der Waals surface area contributed by atoms with Gasteiger partial charge in [0.05, 0.1) is 13.5 Å². The van der Waals surface area contributed by atoms with Gasteiger partial charge < -0.3 is 14.6 Å². The lowest BCUT2D eigenvalue weighted by Gasteiger charge is -2.25. The molecule has 0 amide bonds. The second-order valence-corrected chi connectivity index (χ2v) is 10.7. The second kappa shape index (κ2) is 10.0. The number of fused-ring (bicyclic) bond motifs is 1. The number of carboxylic acids is 1. The number of carbonyl (C=O) groups is 1. The number of aliphatic carboxylic acids is 1. The second-order valence-electron chi connectivity index (χ2n) is 10.7. The quantitative estimate of drug-likeness (QED) is 0.343. The standard InChI is InChI=1S/C32H33FO4/c1-32(2)14-4-5-29(32)27-15-20(6-12-25(27)28-17-23(36-3)11-13-30(28)33)19-37-24-10-9-21-7-8-22(16-31(34)35)26(21)18-24/h5-6,9-13,15,17-18,22H,4,7-8,14,16,19H2,1-3H3,(H,34,35)/t22-/m1/s1. The van der Waals surface area contributed by atoms with Crippen LogP contribution < -0.4 is 9.47 Å². The van der Waals surface area contributed by atoms with Gasteiger partial charge in [0.15, 0.2) is 0 Å². The third kappa shape index (κ3) is 5.13. The molecule has 4 nitrogen and oxygen atoms in total. The third-order valence-electron chi connectivity index (χ3n) is 7.83. The SMILES string of the molecule is COc1ccc(F)c(-c2ccc(COc3ccc4c(c3)[C@@H](CC(=O)O)CC4)cc2C2=CCCC2(C)C)c1. The molecule has 192 valence electrons. The number of carboxylic acid groups (broad SMARTS) is 1. The minimum absolute atomic E-state index is 0.0112. The van der Waals surface area contributed by atoms with Crippen molar-refractivity contribution in [2.75, 3.05) is 7.11 Å². The molecule has 0 spiro atoms. The number of benzene rings is 3. The number of halogens is 1. The van der Waals surface area contributed by atoms with Gasteiger partial charge in [-0.1, -0.05) is 38.1 Å². The number of ether oxygens (including phenoxy) is 2. The summed E-state index contributed by atoms with van der Waals surface area (Å²) in [5.41, 5.74) is 6.88. The van der Waals surface area contributed by atoms with Gasteiger partial charge in [0.1, 0.15) is 23.9 Å². The van der Waals surface area contributed by atoms with Crippen LogP contribution in [0.15, 0.2) is 60.7 Å². The number of methoxy groups -OCH3 is 1. The number of hydrogen-bond donors (Lipinski definition) is 1. The molecule has 0 saturated heterocycles. The third-order valence-corrected chi connectivity index (χ3v) is 7.83. The van der Waals surface area contributed by atoms with Gasteiger partial charge in [-0.25, -0.2) is 4.39 Å². The van der Waals surface area contributed by atoms with Gasteiger partial charge in [0.2, 0.25) is 0 Å². The zero-order valence-electron chi connectivity index (χ0n) is 21.6. The van der Waals surface area contributed by atoms with Crippen molar-refractivity contribution in [1.82, 2.24) is 0 Å². The van der Waals surface area contributed by atoms with Crippen molar-refractivity contribution >= 4 is 11.5 Å². The molecule has 0 aromatic heterocycles. The lowest BCUT2D eigenvalue weighted by Crippen LogP contribution is -2.10. The first-order valence-corrected chi connectivity index (χ1v) is 12.9. The summed E-state index contributed by atoms with van der Waals surface area (Å²) in [7, 11) is 1.59. The first-order valence-electron chi connectivity index (χ1n) is 12.9. The van der Waals surface area contributed by atoms with E-state index in [-0.39, 0.29) is 23.6 Å². The minimum atomic E-state index is -0.770. The Morgan fingerprint density at radius 2 is 1.84 bits per heavy atom. The highest BCUT2D eigenvalue weighted by molar-refractivity contribution is 5.85. The number of aryl methyl sites for hydroxylation is 1. The molecule has 0 fully saturated rings. The number of allylic oxidation sites excluding steroid dienone is 2. The molecule has 37 heavy (non-hydrogen) atoms. The van der Waals surface area contributed by atoms with Crippen LogP contribution in [0.1, 0.15) is 67.7 Å². The van der Waals surface area contributed by atoms with E-state index in [2.05, 4.69) is 32.1 Å². The molecule has 3 aromatic rings. The molecule has 0 bridgehead atoms. The highest BCUT2D eigenvalue weighted by Gasteiger charge is 2.30. The molecule has 5 rings (SSSR count). The van der Waals surface area contributed by atoms with Crippen LogP contribution in [0, 0.1) is 11.2 Å². The summed E-state index contributed by atoms with van der Waals surface area (Å²) in [6, 6.07) is 16.9. The number of hydrogen-bond acceptors (Lipinski definition) is 3. The zero-order chi connectivity index (χ0) is 26.2. The van der Waals surface area contributed by atoms with Gasteiger partial charge in [-0.2, -0.15) is 0 Å². The summed E-state index contributed by atoms with van der Waals surface area (Å²) in [6.45, 7) is 4.83. The van der Waals surface area contributed by atoms with Crippen LogP contribution in [0.4, 0.5) is 4.39 Å². The monoisotopic (exact) mass is 500 g/mol. The van der Waals surface area contributed by atoms with E-state index in [0.29, 0.717) is 17.9 Å². The van der Waals surface area contributed by atoms with Crippen molar-refractivity contribution in [3.05, 3.63) is 88.7 Å². The van der Waals surface area contributed by atoms with E-state index < -0.39 is 5.97 Å². The maximum absolute atomic E-state index is 15.0. The lowest BCUT2D eigenvalue weighted by molar-refractivity contribution is -0.137. The summed E-state index contributed by atoms with van der Waals surface area (Å²) in [4.78, 5) is 11.3. The van der Waals surface area contributed by atoms with Gasteiger partial charge in [-0.15, -0.1) is 0 Å². The van der Waals surface area contributed by atoms with Crippen LogP contribution in [0.2, 0.25) is 0 Å². The van der Waals surface area contributed by atoms with E-state index in [0.717, 1.165) is 53.7 Å². The molecule has 1 N–H and O–H groups in total. The van der Waals surface area contributed by atoms with E-state index >= 15 is 4.39 Å². The van der Waals surface area contributed by atoms with Crippen LogP contribution in [0.5, 0.6) is 11.5 Å². The first-order chi connectivity index (χ1) is 17.7. The molecule has 2 aliphatic carbocycles. The Morgan fingerprint density at radius 3 is 2.57 bits per heavy atom. The fraction of sp³-hybridized carbons (Fsp3) is 0.344. The molecule has 0 radical (unpaired) electrons. The van der Waals surface area contributed by atoms with Crippen LogP contribution in [-0.4, -0.2) is 18.2 Å². The maximum Gasteiger partial charge on any atom is 0.303 e. The smallest absolute Gasteiger partial charge is 0.303 e. The van der Waals surface area contributed by atoms with Gasteiger partial charge >= 0.3 is 5.97 Å². The Bertz CT molecular complexity index is 1370. The number of rotatable bonds is 8. The highest BCUT2D eigenvalue weighted by atomic mass is 19.1. The van der Waals surface area contributed by atoms with Crippen molar-refractivity contribution in [3.8, 4) is 22.6 Å².